The molecule has 130 valence electrons. The van der Waals surface area contributed by atoms with Crippen LogP contribution >= 0.6 is 0 Å². The van der Waals surface area contributed by atoms with Crippen LogP contribution in [0.1, 0.15) is 69.2 Å². The molecule has 0 unspecified atom stereocenters. The van der Waals surface area contributed by atoms with Gasteiger partial charge in [0.2, 0.25) is 8.32 Å². The van der Waals surface area contributed by atoms with Crippen molar-refractivity contribution in [1.82, 2.24) is 0 Å². The third kappa shape index (κ3) is 3.22. The van der Waals surface area contributed by atoms with Crippen LogP contribution < -0.4 is 0 Å². The van der Waals surface area contributed by atoms with E-state index >= 15 is 0 Å². The van der Waals surface area contributed by atoms with E-state index in [0.29, 0.717) is 18.4 Å². The molecule has 22 heavy (non-hydrogen) atoms. The summed E-state index contributed by atoms with van der Waals surface area (Å²) in [5.74, 6) is 0.431. The van der Waals surface area contributed by atoms with Crippen molar-refractivity contribution in [2.75, 3.05) is 6.61 Å². The van der Waals surface area contributed by atoms with Gasteiger partial charge in [-0.2, -0.15) is 0 Å². The molecule has 2 nitrogen and oxygen atoms in total. The topological polar surface area (TPSA) is 18.5 Å². The average Bonchev–Trinajstić information content (AvgIpc) is 2.65. The molecule has 1 aliphatic rings. The smallest absolute Gasteiger partial charge is 0.208 e. The maximum atomic E-state index is 7.05. The van der Waals surface area contributed by atoms with Gasteiger partial charge in [-0.15, -0.1) is 0 Å². The van der Waals surface area contributed by atoms with Crippen LogP contribution in [0.4, 0.5) is 0 Å². The Bertz CT molecular complexity index is 387. The van der Waals surface area contributed by atoms with Crippen molar-refractivity contribution in [1.29, 1.82) is 0 Å². The lowest BCUT2D eigenvalue weighted by molar-refractivity contribution is -0.174. The maximum Gasteiger partial charge on any atom is 0.208 e. The highest BCUT2D eigenvalue weighted by Crippen LogP contribution is 2.63. The number of hydrogen-bond acceptors (Lipinski definition) is 2. The van der Waals surface area contributed by atoms with E-state index in [1.807, 2.05) is 0 Å². The van der Waals surface area contributed by atoms with E-state index in [4.69, 9.17) is 9.16 Å². The van der Waals surface area contributed by atoms with E-state index in [1.165, 1.54) is 6.04 Å². The Kier molecular flexibility index (Phi) is 5.80. The van der Waals surface area contributed by atoms with E-state index in [2.05, 4.69) is 81.4 Å². The first kappa shape index (κ1) is 19.9. The molecule has 1 saturated heterocycles. The monoisotopic (exact) mass is 326 g/mol. The molecule has 0 aromatic rings. The maximum absolute atomic E-state index is 7.05. The van der Waals surface area contributed by atoms with Gasteiger partial charge in [-0.25, -0.2) is 0 Å². The van der Waals surface area contributed by atoms with Crippen molar-refractivity contribution >= 4 is 8.32 Å². The van der Waals surface area contributed by atoms with Gasteiger partial charge in [-0.05, 0) is 42.0 Å². The van der Waals surface area contributed by atoms with Crippen molar-refractivity contribution in [3.05, 3.63) is 12.2 Å². The van der Waals surface area contributed by atoms with Gasteiger partial charge in [-0.3, -0.25) is 0 Å². The van der Waals surface area contributed by atoms with Gasteiger partial charge in [0.05, 0.1) is 0 Å². The minimum atomic E-state index is -2.05. The van der Waals surface area contributed by atoms with Crippen molar-refractivity contribution in [2.45, 2.75) is 91.1 Å². The van der Waals surface area contributed by atoms with Crippen LogP contribution in [0.2, 0.25) is 16.1 Å². The lowest BCUT2D eigenvalue weighted by Crippen LogP contribution is -2.54. The Morgan fingerprint density at radius 3 is 2.00 bits per heavy atom. The first-order valence-electron chi connectivity index (χ1n) is 8.85. The van der Waals surface area contributed by atoms with Crippen LogP contribution in [0.5, 0.6) is 0 Å². The predicted molar refractivity (Wildman–Crippen MR) is 98.6 cm³/mol. The van der Waals surface area contributed by atoms with Crippen LogP contribution in [0.3, 0.4) is 0 Å². The summed E-state index contributed by atoms with van der Waals surface area (Å²) in [4.78, 5) is 0. The quantitative estimate of drug-likeness (QED) is 0.456. The Morgan fingerprint density at radius 1 is 1.18 bits per heavy atom. The van der Waals surface area contributed by atoms with Gasteiger partial charge < -0.3 is 9.16 Å². The predicted octanol–water partition coefficient (Wildman–Crippen LogP) is 6.14. The average molecular weight is 327 g/mol. The zero-order chi connectivity index (χ0) is 17.4. The van der Waals surface area contributed by atoms with E-state index < -0.39 is 14.1 Å². The number of rotatable bonds is 4. The Balaban J connectivity index is 3.49. The fraction of sp³-hybridized carbons (Fsp3) is 0.895. The molecule has 0 aliphatic carbocycles. The highest BCUT2D eigenvalue weighted by Gasteiger charge is 2.66. The van der Waals surface area contributed by atoms with E-state index in [1.54, 1.807) is 0 Å². The molecule has 0 amide bonds. The standard InChI is InChI=1S/C19H38O2Si/c1-11-13-19(20-12-2)16(15(3)4)14-22(21-19,17(5,6)7)18(8,9)10/h11,13,15-16H,12,14H2,1-10H3/b13-11-/t16-,19+/m1/s1. The summed E-state index contributed by atoms with van der Waals surface area (Å²) in [6.45, 7) is 23.6. The van der Waals surface area contributed by atoms with Crippen LogP contribution in [-0.2, 0) is 9.16 Å². The van der Waals surface area contributed by atoms with Gasteiger partial charge in [0, 0.05) is 12.5 Å². The summed E-state index contributed by atoms with van der Waals surface area (Å²) in [5, 5.41) is 0.359. The molecule has 0 aromatic heterocycles. The van der Waals surface area contributed by atoms with Gasteiger partial charge in [0.25, 0.3) is 0 Å². The first-order chi connectivity index (χ1) is 9.87. The molecule has 0 aromatic carbocycles. The fourth-order valence-electron chi connectivity index (χ4n) is 4.39. The third-order valence-corrected chi connectivity index (χ3v) is 11.9. The number of hydrogen-bond donors (Lipinski definition) is 0. The second-order valence-corrected chi connectivity index (χ2v) is 14.4. The summed E-state index contributed by atoms with van der Waals surface area (Å²) >= 11 is 0. The first-order valence-corrected chi connectivity index (χ1v) is 11.0. The molecule has 0 N–H and O–H groups in total. The molecule has 2 atom stereocenters. The van der Waals surface area contributed by atoms with E-state index in [-0.39, 0.29) is 10.1 Å². The molecule has 1 heterocycles. The molecular formula is C19H38O2Si. The molecule has 3 heteroatoms. The lowest BCUT2D eigenvalue weighted by atomic mass is 9.88. The van der Waals surface area contributed by atoms with Crippen LogP contribution in [0, 0.1) is 11.8 Å². The molecule has 1 fully saturated rings. The van der Waals surface area contributed by atoms with Gasteiger partial charge >= 0.3 is 0 Å². The lowest BCUT2D eigenvalue weighted by Gasteiger charge is -2.49. The van der Waals surface area contributed by atoms with E-state index in [0.717, 1.165) is 0 Å². The molecule has 1 rings (SSSR count). The SMILES string of the molecule is C/C=C\[C@]1(OCC)O[Si](C(C)(C)C)(C(C)(C)C)C[C@@H]1C(C)C. The fourth-order valence-corrected chi connectivity index (χ4v) is 10.8. The van der Waals surface area contributed by atoms with Crippen LogP contribution in [-0.4, -0.2) is 20.7 Å². The van der Waals surface area contributed by atoms with Crippen molar-refractivity contribution in [3.63, 3.8) is 0 Å². The summed E-state index contributed by atoms with van der Waals surface area (Å²) in [7, 11) is -2.05. The Morgan fingerprint density at radius 2 is 1.68 bits per heavy atom. The third-order valence-electron chi connectivity index (χ3n) is 5.35. The molecule has 0 radical (unpaired) electrons. The van der Waals surface area contributed by atoms with Crippen LogP contribution in [0.15, 0.2) is 12.2 Å². The second-order valence-electron chi connectivity index (χ2n) is 9.14. The zero-order valence-corrected chi connectivity index (χ0v) is 17.5. The zero-order valence-electron chi connectivity index (χ0n) is 16.5. The molecular weight excluding hydrogens is 288 g/mol. The van der Waals surface area contributed by atoms with Crippen molar-refractivity contribution in [2.24, 2.45) is 11.8 Å². The minimum Gasteiger partial charge on any atom is -0.386 e. The second kappa shape index (κ2) is 6.41. The van der Waals surface area contributed by atoms with Crippen molar-refractivity contribution < 1.29 is 9.16 Å². The summed E-state index contributed by atoms with van der Waals surface area (Å²) in [6, 6.07) is 1.17. The van der Waals surface area contributed by atoms with Crippen LogP contribution in [0.25, 0.3) is 0 Å². The summed E-state index contributed by atoms with van der Waals surface area (Å²) in [6.07, 6.45) is 4.27. The highest BCUT2D eigenvalue weighted by atomic mass is 28.4. The number of allylic oxidation sites excluding steroid dienone is 1. The Labute approximate surface area is 139 Å². The van der Waals surface area contributed by atoms with Gasteiger partial charge in [-0.1, -0.05) is 61.5 Å². The normalized spacial score (nSPS) is 29.7. The van der Waals surface area contributed by atoms with E-state index in [9.17, 15) is 0 Å². The van der Waals surface area contributed by atoms with Gasteiger partial charge in [0.15, 0.2) is 5.79 Å². The number of ether oxygens (including phenoxy) is 1. The molecule has 1 aliphatic heterocycles. The molecule has 0 bridgehead atoms. The van der Waals surface area contributed by atoms with Crippen molar-refractivity contribution in [3.8, 4) is 0 Å². The molecule has 0 saturated carbocycles. The largest absolute Gasteiger partial charge is 0.386 e. The van der Waals surface area contributed by atoms with Gasteiger partial charge in [0.1, 0.15) is 0 Å². The summed E-state index contributed by atoms with van der Waals surface area (Å²) < 4.78 is 13.3. The molecule has 0 spiro atoms. The Hall–Kier alpha value is -0.123. The minimum absolute atomic E-state index is 0.179. The summed E-state index contributed by atoms with van der Waals surface area (Å²) in [5.41, 5.74) is 0. The highest BCUT2D eigenvalue weighted by molar-refractivity contribution is 6.80.